The lowest BCUT2D eigenvalue weighted by molar-refractivity contribution is 3.21. The van der Waals surface area contributed by atoms with Gasteiger partial charge in [0, 0.05) is 0 Å². The van der Waals surface area contributed by atoms with E-state index in [0.717, 1.165) is 0 Å². The Balaban J connectivity index is 8.34. The highest BCUT2D eigenvalue weighted by Gasteiger charge is 2.56. The molecule has 0 aliphatic rings. The van der Waals surface area contributed by atoms with Gasteiger partial charge in [-0.15, -0.1) is 0 Å². The predicted molar refractivity (Wildman–Crippen MR) is 230 cm³/mol. The lowest BCUT2D eigenvalue weighted by atomic mass is 8.27. The topological polar surface area (TPSA) is 0 Å². The van der Waals surface area contributed by atoms with Crippen LogP contribution in [0.25, 0.3) is 0 Å². The van der Waals surface area contributed by atoms with Gasteiger partial charge in [-0.2, -0.15) is 0 Å². The van der Waals surface area contributed by atoms with Gasteiger partial charge in [0.25, 0.3) is 0 Å². The fourth-order valence-corrected chi connectivity index (χ4v) is 6.42. The summed E-state index contributed by atoms with van der Waals surface area (Å²) in [5.41, 5.74) is 0. The van der Waals surface area contributed by atoms with Gasteiger partial charge < -0.3 is 21.9 Å². The number of hydrogen-bond acceptors (Lipinski definition) is 0. The van der Waals surface area contributed by atoms with Crippen molar-refractivity contribution in [3.63, 3.8) is 0 Å². The summed E-state index contributed by atoms with van der Waals surface area (Å²) in [5, 5.41) is 0. The number of hydrogen-bond donors (Lipinski definition) is 0. The van der Waals surface area contributed by atoms with Crippen molar-refractivity contribution in [1.29, 1.82) is 0 Å². The smallest absolute Gasteiger partial charge is 0.000000000000163 e. The Bertz CT molecular complexity index is 529. The first-order valence-corrected chi connectivity index (χ1v) is 13.0. The molecule has 0 atom stereocenters. The molecule has 0 aliphatic heterocycles. The quantitative estimate of drug-likeness (QED) is 0.189. The highest BCUT2D eigenvalue weighted by molar-refractivity contribution is 8.32. The van der Waals surface area contributed by atoms with Gasteiger partial charge in [0.05, 0.1) is 0 Å². The van der Waals surface area contributed by atoms with Crippen LogP contribution in [0.5, 0.6) is 0 Å². The minimum absolute atomic E-state index is 1.04. The molecule has 0 saturated carbocycles. The normalized spacial score (nSPS) is 9.65. The van der Waals surface area contributed by atoms with E-state index in [4.69, 9.17) is 162 Å². The maximum Gasteiger partial charge on any atom is -0.000000000000163 e. The Morgan fingerprint density at radius 3 is 0.500 bits per heavy atom. The molecule has 0 nitrogen and oxygen atoms in total. The van der Waals surface area contributed by atoms with Crippen molar-refractivity contribution >= 4 is 284 Å². The van der Waals surface area contributed by atoms with E-state index >= 15 is 0 Å². The maximum atomic E-state index is 6.54. The van der Waals surface area contributed by atoms with Gasteiger partial charge in [-0.1, -0.05) is 6.39 Å². The summed E-state index contributed by atoms with van der Waals surface area (Å²) >= 11 is 0. The Kier molecular flexibility index (Phi) is 20.6. The molecule has 0 fully saturated rings. The van der Waals surface area contributed by atoms with Gasteiger partial charge in [-0.25, -0.2) is 0 Å². The molecule has 40 heavy (non-hydrogen) atoms. The molecule has 44 radical (unpaired) electrons. The second-order valence-electron chi connectivity index (χ2n) is 11.0. The third kappa shape index (κ3) is 11.4. The SMILES string of the molecule is [B]B([B])B(B([B])[B])B(B(B([B])[B])B([B])[B])B(B(B([B])[B])B([B])B([B-])[B-])B(B(B([B])[B])B([B])[B])B(B([B])[B])B([B])[B]. The van der Waals surface area contributed by atoms with Crippen molar-refractivity contribution in [3.8, 4) is 0 Å². The largest absolute Gasteiger partial charge is 0.729 e. The lowest BCUT2D eigenvalue weighted by Crippen LogP contribution is -2.92. The zero-order valence-electron chi connectivity index (χ0n) is 23.1. The van der Waals surface area contributed by atoms with E-state index in [0.29, 0.717) is 0 Å². The maximum absolute atomic E-state index is 6.54. The van der Waals surface area contributed by atoms with E-state index in [1.807, 2.05) is 0 Å². The molecule has 0 aromatic rings. The van der Waals surface area contributed by atoms with Crippen LogP contribution in [0.3, 0.4) is 0 Å². The molecule has 0 heterocycles. The zero-order valence-corrected chi connectivity index (χ0v) is 23.1. The third-order valence-corrected chi connectivity index (χ3v) is 8.00. The van der Waals surface area contributed by atoms with Gasteiger partial charge in [0.1, 0.15) is 0 Å². The molecule has 0 rings (SSSR count). The summed E-state index contributed by atoms with van der Waals surface area (Å²) in [6, 6.07) is 0. The van der Waals surface area contributed by atoms with E-state index < -0.39 is 121 Å². The average molecular weight is 432 g/mol. The predicted octanol–water partition coefficient (Wildman–Crippen LogP) is -15.2. The van der Waals surface area contributed by atoms with Crippen LogP contribution in [0.15, 0.2) is 0 Å². The molecule has 0 aromatic heterocycles. The van der Waals surface area contributed by atoms with Gasteiger partial charge in [-0.3, -0.25) is 0 Å². The monoisotopic (exact) mass is 440 g/mol. The first-order valence-electron chi connectivity index (χ1n) is 13.0. The van der Waals surface area contributed by atoms with E-state index in [-0.39, 0.29) is 0 Å². The molecule has 0 spiro atoms. The minimum atomic E-state index is -1.25. The van der Waals surface area contributed by atoms with Crippen LogP contribution in [-0.4, -0.2) is 284 Å². The second-order valence-corrected chi connectivity index (χ2v) is 11.0. The molecular formula is B40-2. The van der Waals surface area contributed by atoms with E-state index in [1.54, 1.807) is 0 Å². The van der Waals surface area contributed by atoms with Crippen LogP contribution < -0.4 is 0 Å². The summed E-state index contributed by atoms with van der Waals surface area (Å²) in [7, 11) is 131. The molecule has 0 saturated heterocycles. The van der Waals surface area contributed by atoms with Crippen molar-refractivity contribution < 1.29 is 0 Å². The Morgan fingerprint density at radius 2 is 0.375 bits per heavy atom. The van der Waals surface area contributed by atoms with E-state index in [1.165, 1.54) is 0 Å². The van der Waals surface area contributed by atoms with Crippen LogP contribution in [0, 0.1) is 0 Å². The first kappa shape index (κ1) is 42.6. The van der Waals surface area contributed by atoms with Gasteiger partial charge >= 0.3 is 0 Å². The Hall–Kier alpha value is 2.60. The van der Waals surface area contributed by atoms with Crippen molar-refractivity contribution in [3.05, 3.63) is 0 Å². The van der Waals surface area contributed by atoms with E-state index in [9.17, 15) is 0 Å². The van der Waals surface area contributed by atoms with Crippen molar-refractivity contribution in [2.45, 2.75) is 0 Å². The first-order chi connectivity index (χ1) is 18.1. The van der Waals surface area contributed by atoms with Crippen molar-refractivity contribution in [1.82, 2.24) is 0 Å². The van der Waals surface area contributed by atoms with Gasteiger partial charge in [-0.05, 0) is 256 Å². The molecule has 40 heteroatoms. The highest BCUT2D eigenvalue weighted by atomic mass is 13.4. The van der Waals surface area contributed by atoms with E-state index in [2.05, 4.69) is 0 Å². The minimum Gasteiger partial charge on any atom is -0.729 e. The lowest BCUT2D eigenvalue weighted by Gasteiger charge is -2.57. The van der Waals surface area contributed by atoms with Crippen molar-refractivity contribution in [2.75, 3.05) is 0 Å². The zero-order chi connectivity index (χ0) is 32.0. The van der Waals surface area contributed by atoms with Crippen LogP contribution in [0.1, 0.15) is 0 Å². The van der Waals surface area contributed by atoms with Crippen LogP contribution in [0.4, 0.5) is 0 Å². The molecule has 0 unspecified atom stereocenters. The third-order valence-electron chi connectivity index (χ3n) is 8.00. The second kappa shape index (κ2) is 19.3. The summed E-state index contributed by atoms with van der Waals surface area (Å²) < 4.78 is 0. The number of rotatable bonds is 18. The highest BCUT2D eigenvalue weighted by Crippen LogP contribution is 2.18. The molecule has 0 bridgehead atoms. The average Bonchev–Trinajstić information content (AvgIpc) is 2.73. The summed E-state index contributed by atoms with van der Waals surface area (Å²) in [6.07, 6.45) is -21.7. The Morgan fingerprint density at radius 1 is 0.225 bits per heavy atom. The van der Waals surface area contributed by atoms with Gasteiger partial charge in [0.15, 0.2) is 0 Å². The van der Waals surface area contributed by atoms with Crippen molar-refractivity contribution in [2.24, 2.45) is 0 Å². The summed E-state index contributed by atoms with van der Waals surface area (Å²) in [6.45, 7) is 0. The molecule has 0 aromatic carbocycles. The molecule has 0 N–H and O–H groups in total. The molecule has 0 amide bonds. The summed E-state index contributed by atoms with van der Waals surface area (Å²) in [4.78, 5) is 0. The van der Waals surface area contributed by atoms with Gasteiger partial charge in [0.2, 0.25) is 0 Å². The fourth-order valence-electron chi connectivity index (χ4n) is 6.42. The van der Waals surface area contributed by atoms with Crippen LogP contribution >= 0.6 is 0 Å². The summed E-state index contributed by atoms with van der Waals surface area (Å²) in [5.74, 6) is 0. The standard InChI is InChI=1S/B40/c1-22(2)32(21)37(31(19)20)40(38(33(23(3)4)24(5)6)34(25(7)8)26(9)10)39(35(27(11)12)28(13)14)36(29(15)16)30(17)18/q-2. The van der Waals surface area contributed by atoms with Crippen LogP contribution in [-0.2, 0) is 0 Å². The van der Waals surface area contributed by atoms with Crippen LogP contribution in [0.2, 0.25) is 0 Å². The molecule has 122 valence electrons. The fraction of sp³-hybridized carbons (Fsp3) is 0. The molecule has 0 aliphatic carbocycles. The molecular weight excluding hydrogens is 432 g/mol. The Labute approximate surface area is 282 Å².